The fourth-order valence-corrected chi connectivity index (χ4v) is 2.57. The second-order valence-electron chi connectivity index (χ2n) is 6.70. The third-order valence-corrected chi connectivity index (χ3v) is 3.62. The smallest absolute Gasteiger partial charge is 0.410 e. The van der Waals surface area contributed by atoms with E-state index in [4.69, 9.17) is 4.74 Å². The number of nitrogens with zero attached hydrogens (tertiary/aromatic N) is 3. The normalized spacial score (nSPS) is 15.8. The fourth-order valence-electron chi connectivity index (χ4n) is 2.57. The molecule has 1 aliphatic rings. The molecule has 1 heterocycles. The number of halogens is 1. The van der Waals surface area contributed by atoms with Crippen molar-refractivity contribution in [2.24, 2.45) is 0 Å². The second kappa shape index (κ2) is 7.02. The maximum absolute atomic E-state index is 13.5. The monoisotopic (exact) mass is 339 g/mol. The average Bonchev–Trinajstić information content (AvgIpc) is 2.70. The predicted octanol–water partition coefficient (Wildman–Crippen LogP) is 3.18. The van der Waals surface area contributed by atoms with Gasteiger partial charge in [-0.05, 0) is 33.3 Å². The van der Waals surface area contributed by atoms with Gasteiger partial charge in [0.25, 0.3) is 5.69 Å². The van der Waals surface area contributed by atoms with Crippen molar-refractivity contribution < 1.29 is 18.8 Å². The van der Waals surface area contributed by atoms with Crippen molar-refractivity contribution in [2.75, 3.05) is 31.1 Å². The third kappa shape index (κ3) is 4.56. The molecule has 1 saturated heterocycles. The van der Waals surface area contributed by atoms with E-state index >= 15 is 0 Å². The van der Waals surface area contributed by atoms with E-state index in [2.05, 4.69) is 0 Å². The van der Waals surface area contributed by atoms with E-state index in [-0.39, 0.29) is 11.4 Å². The molecule has 0 aliphatic carbocycles. The van der Waals surface area contributed by atoms with E-state index in [0.717, 1.165) is 6.07 Å². The molecule has 0 N–H and O–H groups in total. The standard InChI is InChI=1S/C16H22FN3O4/c1-16(2,3)24-15(21)19-8-4-7-18(9-10-19)14-11-12(17)5-6-13(14)20(22)23/h5-6,11H,4,7-10H2,1-3H3. The minimum atomic E-state index is -0.579. The van der Waals surface area contributed by atoms with Gasteiger partial charge in [0.2, 0.25) is 0 Å². The Balaban J connectivity index is 2.13. The van der Waals surface area contributed by atoms with Crippen molar-refractivity contribution in [2.45, 2.75) is 32.8 Å². The Hall–Kier alpha value is -2.38. The van der Waals surface area contributed by atoms with Crippen molar-refractivity contribution in [1.82, 2.24) is 4.90 Å². The fraction of sp³-hybridized carbons (Fsp3) is 0.562. The van der Waals surface area contributed by atoms with Crippen LogP contribution in [0, 0.1) is 15.9 Å². The highest BCUT2D eigenvalue weighted by Crippen LogP contribution is 2.29. The summed E-state index contributed by atoms with van der Waals surface area (Å²) in [6.07, 6.45) is 0.213. The van der Waals surface area contributed by atoms with Crippen LogP contribution in [0.4, 0.5) is 20.6 Å². The highest BCUT2D eigenvalue weighted by molar-refractivity contribution is 5.69. The number of anilines is 1. The van der Waals surface area contributed by atoms with Gasteiger partial charge >= 0.3 is 6.09 Å². The first-order chi connectivity index (χ1) is 11.2. The van der Waals surface area contributed by atoms with Gasteiger partial charge < -0.3 is 14.5 Å². The van der Waals surface area contributed by atoms with Gasteiger partial charge in [-0.25, -0.2) is 9.18 Å². The van der Waals surface area contributed by atoms with Crippen LogP contribution in [0.2, 0.25) is 0 Å². The molecule has 1 amide bonds. The third-order valence-electron chi connectivity index (χ3n) is 3.62. The van der Waals surface area contributed by atoms with E-state index in [9.17, 15) is 19.3 Å². The largest absolute Gasteiger partial charge is 0.444 e. The number of nitro groups is 1. The zero-order chi connectivity index (χ0) is 17.9. The van der Waals surface area contributed by atoms with Gasteiger partial charge in [-0.15, -0.1) is 0 Å². The summed E-state index contributed by atoms with van der Waals surface area (Å²) in [7, 11) is 0. The SMILES string of the molecule is CC(C)(C)OC(=O)N1CCCN(c2cc(F)ccc2[N+](=O)[O-])CC1. The number of ether oxygens (including phenoxy) is 1. The van der Waals surface area contributed by atoms with Crippen LogP contribution >= 0.6 is 0 Å². The Labute approximate surface area is 140 Å². The molecule has 0 aromatic heterocycles. The number of nitro benzene ring substituents is 1. The number of hydrogen-bond donors (Lipinski definition) is 0. The average molecular weight is 339 g/mol. The van der Waals surface area contributed by atoms with Gasteiger partial charge in [0.05, 0.1) is 4.92 Å². The van der Waals surface area contributed by atoms with Gasteiger partial charge in [0.1, 0.15) is 17.1 Å². The van der Waals surface area contributed by atoms with Crippen LogP contribution in [0.3, 0.4) is 0 Å². The van der Waals surface area contributed by atoms with Crippen molar-refractivity contribution in [3.05, 3.63) is 34.1 Å². The summed E-state index contributed by atoms with van der Waals surface area (Å²) in [5.74, 6) is -0.524. The van der Waals surface area contributed by atoms with E-state index in [0.29, 0.717) is 32.6 Å². The van der Waals surface area contributed by atoms with Crippen LogP contribution in [-0.2, 0) is 4.74 Å². The summed E-state index contributed by atoms with van der Waals surface area (Å²) >= 11 is 0. The lowest BCUT2D eigenvalue weighted by molar-refractivity contribution is -0.384. The molecule has 24 heavy (non-hydrogen) atoms. The Morgan fingerprint density at radius 3 is 2.58 bits per heavy atom. The van der Waals surface area contributed by atoms with Crippen molar-refractivity contribution in [3.8, 4) is 0 Å². The number of carbonyl (C=O) groups is 1. The zero-order valence-electron chi connectivity index (χ0n) is 14.1. The number of carbonyl (C=O) groups excluding carboxylic acids is 1. The molecular weight excluding hydrogens is 317 g/mol. The van der Waals surface area contributed by atoms with Crippen LogP contribution in [0.15, 0.2) is 18.2 Å². The van der Waals surface area contributed by atoms with Crippen LogP contribution in [0.25, 0.3) is 0 Å². The minimum Gasteiger partial charge on any atom is -0.444 e. The molecular formula is C16H22FN3O4. The molecule has 8 heteroatoms. The van der Waals surface area contributed by atoms with Crippen molar-refractivity contribution in [1.29, 1.82) is 0 Å². The summed E-state index contributed by atoms with van der Waals surface area (Å²) in [5, 5.41) is 11.2. The molecule has 0 bridgehead atoms. The summed E-state index contributed by atoms with van der Waals surface area (Å²) in [6.45, 7) is 7.13. The highest BCUT2D eigenvalue weighted by atomic mass is 19.1. The Morgan fingerprint density at radius 1 is 1.25 bits per heavy atom. The van der Waals surface area contributed by atoms with Gasteiger partial charge in [-0.2, -0.15) is 0 Å². The lowest BCUT2D eigenvalue weighted by Gasteiger charge is -2.26. The lowest BCUT2D eigenvalue weighted by atomic mass is 10.2. The van der Waals surface area contributed by atoms with E-state index in [1.165, 1.54) is 12.1 Å². The zero-order valence-corrected chi connectivity index (χ0v) is 14.1. The molecule has 0 radical (unpaired) electrons. The first-order valence-corrected chi connectivity index (χ1v) is 7.84. The van der Waals surface area contributed by atoms with Gasteiger partial charge in [0.15, 0.2) is 0 Å². The summed E-state index contributed by atoms with van der Waals surface area (Å²) in [4.78, 5) is 26.1. The van der Waals surface area contributed by atoms with Gasteiger partial charge in [-0.3, -0.25) is 10.1 Å². The number of benzene rings is 1. The van der Waals surface area contributed by atoms with Crippen LogP contribution in [-0.4, -0.2) is 47.7 Å². The Bertz CT molecular complexity index is 630. The molecule has 1 aromatic carbocycles. The molecule has 0 atom stereocenters. The summed E-state index contributed by atoms with van der Waals surface area (Å²) < 4.78 is 18.9. The first kappa shape index (κ1) is 18.0. The number of hydrogen-bond acceptors (Lipinski definition) is 5. The number of amides is 1. The molecule has 1 aliphatic heterocycles. The minimum absolute atomic E-state index is 0.137. The van der Waals surface area contributed by atoms with E-state index < -0.39 is 22.4 Å². The molecule has 2 rings (SSSR count). The van der Waals surface area contributed by atoms with E-state index in [1.54, 1.807) is 30.6 Å². The topological polar surface area (TPSA) is 75.9 Å². The maximum atomic E-state index is 13.5. The molecule has 132 valence electrons. The molecule has 1 aromatic rings. The van der Waals surface area contributed by atoms with Crippen LogP contribution < -0.4 is 4.90 Å². The predicted molar refractivity (Wildman–Crippen MR) is 87.7 cm³/mol. The van der Waals surface area contributed by atoms with Crippen LogP contribution in [0.5, 0.6) is 0 Å². The van der Waals surface area contributed by atoms with E-state index in [1.807, 2.05) is 0 Å². The molecule has 7 nitrogen and oxygen atoms in total. The molecule has 0 saturated carbocycles. The molecule has 1 fully saturated rings. The van der Waals surface area contributed by atoms with Gasteiger partial charge in [-0.1, -0.05) is 0 Å². The Morgan fingerprint density at radius 2 is 1.96 bits per heavy atom. The number of rotatable bonds is 2. The molecule has 0 spiro atoms. The summed E-state index contributed by atoms with van der Waals surface area (Å²) in [6, 6.07) is 3.41. The lowest BCUT2D eigenvalue weighted by Crippen LogP contribution is -2.39. The second-order valence-corrected chi connectivity index (χ2v) is 6.70. The van der Waals surface area contributed by atoms with Crippen LogP contribution in [0.1, 0.15) is 27.2 Å². The molecule has 0 unspecified atom stereocenters. The first-order valence-electron chi connectivity index (χ1n) is 7.84. The van der Waals surface area contributed by atoms with Crippen molar-refractivity contribution in [3.63, 3.8) is 0 Å². The maximum Gasteiger partial charge on any atom is 0.410 e. The quantitative estimate of drug-likeness (QED) is 0.611. The highest BCUT2D eigenvalue weighted by Gasteiger charge is 2.27. The Kier molecular flexibility index (Phi) is 5.26. The van der Waals surface area contributed by atoms with Gasteiger partial charge in [0, 0.05) is 38.3 Å². The van der Waals surface area contributed by atoms with Crippen molar-refractivity contribution >= 4 is 17.5 Å². The summed E-state index contributed by atoms with van der Waals surface area (Å²) in [5.41, 5.74) is -0.474.